The molecule has 0 aliphatic carbocycles. The number of benzene rings is 2. The topological polar surface area (TPSA) is 21.3 Å². The Hall–Kier alpha value is -1.77. The van der Waals surface area contributed by atoms with E-state index in [0.717, 1.165) is 29.3 Å². The third-order valence-corrected chi connectivity index (χ3v) is 3.90. The van der Waals surface area contributed by atoms with Crippen LogP contribution in [0.4, 0.5) is 0 Å². The molecule has 1 N–H and O–H groups in total. The van der Waals surface area contributed by atoms with Crippen molar-refractivity contribution in [1.29, 1.82) is 0 Å². The molecule has 0 aromatic heterocycles. The molecule has 3 heteroatoms. The third kappa shape index (κ3) is 2.97. The highest BCUT2D eigenvalue weighted by atomic mass is 35.5. The molecule has 0 fully saturated rings. The normalized spacial score (nSPS) is 15.0. The predicted octanol–water partition coefficient (Wildman–Crippen LogP) is 4.27. The van der Waals surface area contributed by atoms with E-state index < -0.39 is 0 Å². The van der Waals surface area contributed by atoms with E-state index in [0.29, 0.717) is 6.61 Å². The fourth-order valence-corrected chi connectivity index (χ4v) is 2.80. The average Bonchev–Trinajstić information content (AvgIpc) is 2.65. The quantitative estimate of drug-likeness (QED) is 0.855. The zero-order valence-corrected chi connectivity index (χ0v) is 12.8. The van der Waals surface area contributed by atoms with E-state index in [1.165, 1.54) is 16.7 Å². The van der Waals surface area contributed by atoms with Crippen molar-refractivity contribution in [3.8, 4) is 5.75 Å². The van der Waals surface area contributed by atoms with E-state index in [1.807, 2.05) is 25.2 Å². The Morgan fingerprint density at radius 1 is 1.19 bits per heavy atom. The van der Waals surface area contributed by atoms with Crippen LogP contribution in [0, 0.1) is 0 Å². The maximum atomic E-state index is 6.19. The van der Waals surface area contributed by atoms with Crippen LogP contribution in [-0.4, -0.2) is 13.6 Å². The summed E-state index contributed by atoms with van der Waals surface area (Å²) >= 11 is 6.19. The Labute approximate surface area is 130 Å². The summed E-state index contributed by atoms with van der Waals surface area (Å²) in [6, 6.07) is 14.2. The molecule has 0 saturated carbocycles. The second-order valence-corrected chi connectivity index (χ2v) is 5.53. The average molecular weight is 300 g/mol. The van der Waals surface area contributed by atoms with Gasteiger partial charge >= 0.3 is 0 Å². The number of hydrogen-bond acceptors (Lipinski definition) is 2. The summed E-state index contributed by atoms with van der Waals surface area (Å²) in [4.78, 5) is 0. The molecule has 0 radical (unpaired) electrons. The van der Waals surface area contributed by atoms with Gasteiger partial charge in [-0.2, -0.15) is 0 Å². The molecule has 1 heterocycles. The lowest BCUT2D eigenvalue weighted by molar-refractivity contribution is 0.307. The minimum absolute atomic E-state index is 0.591. The largest absolute Gasteiger partial charge is 0.488 e. The molecule has 2 aromatic rings. The fraction of sp³-hybridized carbons (Fsp3) is 0.222. The minimum atomic E-state index is 0.591. The smallest absolute Gasteiger partial charge is 0.127 e. The van der Waals surface area contributed by atoms with E-state index in [9.17, 15) is 0 Å². The van der Waals surface area contributed by atoms with Gasteiger partial charge in [-0.05, 0) is 54.9 Å². The van der Waals surface area contributed by atoms with Crippen molar-refractivity contribution in [3.63, 3.8) is 0 Å². The maximum absolute atomic E-state index is 6.19. The molecule has 2 aromatic carbocycles. The Kier molecular flexibility index (Phi) is 4.28. The van der Waals surface area contributed by atoms with Crippen molar-refractivity contribution in [1.82, 2.24) is 5.32 Å². The molecule has 0 atom stereocenters. The van der Waals surface area contributed by atoms with Crippen LogP contribution in [0.1, 0.15) is 23.1 Å². The van der Waals surface area contributed by atoms with Crippen molar-refractivity contribution in [2.45, 2.75) is 13.0 Å². The number of nitrogens with one attached hydrogen (secondary N) is 1. The minimum Gasteiger partial charge on any atom is -0.488 e. The van der Waals surface area contributed by atoms with Gasteiger partial charge in [0.25, 0.3) is 0 Å². The zero-order chi connectivity index (χ0) is 14.7. The van der Waals surface area contributed by atoms with Crippen LogP contribution in [0.25, 0.3) is 5.57 Å². The van der Waals surface area contributed by atoms with Crippen LogP contribution in [0.5, 0.6) is 5.75 Å². The number of fused-ring (bicyclic) bond motifs is 2. The summed E-state index contributed by atoms with van der Waals surface area (Å²) in [5.41, 5.74) is 4.72. The summed E-state index contributed by atoms with van der Waals surface area (Å²) in [6.07, 6.45) is 3.23. The molecular formula is C18H18ClNO. The van der Waals surface area contributed by atoms with Gasteiger partial charge in [0.1, 0.15) is 12.4 Å². The standard InChI is InChI=1S/C18H18ClNO/c1-20-10-4-7-16-15-6-3-2-5-13(15)12-21-18-9-8-14(19)11-17(16)18/h2-3,5-9,11,20H,4,10,12H2,1H3/b16-7+. The first-order valence-electron chi connectivity index (χ1n) is 7.15. The second-order valence-electron chi connectivity index (χ2n) is 5.10. The fourth-order valence-electron chi connectivity index (χ4n) is 2.63. The van der Waals surface area contributed by atoms with E-state index in [-0.39, 0.29) is 0 Å². The van der Waals surface area contributed by atoms with Crippen molar-refractivity contribution in [2.24, 2.45) is 0 Å². The molecular weight excluding hydrogens is 282 g/mol. The Morgan fingerprint density at radius 3 is 2.90 bits per heavy atom. The first-order chi connectivity index (χ1) is 10.3. The molecule has 0 unspecified atom stereocenters. The summed E-state index contributed by atoms with van der Waals surface area (Å²) in [5.74, 6) is 0.895. The van der Waals surface area contributed by atoms with Gasteiger partial charge in [-0.15, -0.1) is 0 Å². The zero-order valence-electron chi connectivity index (χ0n) is 12.0. The van der Waals surface area contributed by atoms with Crippen molar-refractivity contribution in [3.05, 3.63) is 70.3 Å². The van der Waals surface area contributed by atoms with E-state index in [4.69, 9.17) is 16.3 Å². The van der Waals surface area contributed by atoms with Crippen molar-refractivity contribution >= 4 is 17.2 Å². The molecule has 2 nitrogen and oxygen atoms in total. The van der Waals surface area contributed by atoms with Crippen LogP contribution in [0.3, 0.4) is 0 Å². The van der Waals surface area contributed by atoms with Crippen LogP contribution in [0.2, 0.25) is 5.02 Å². The van der Waals surface area contributed by atoms with Gasteiger partial charge in [0.15, 0.2) is 0 Å². The first kappa shape index (κ1) is 14.2. The molecule has 21 heavy (non-hydrogen) atoms. The summed E-state index contributed by atoms with van der Waals surface area (Å²) < 4.78 is 5.95. The predicted molar refractivity (Wildman–Crippen MR) is 87.8 cm³/mol. The van der Waals surface area contributed by atoms with Gasteiger partial charge < -0.3 is 10.1 Å². The maximum Gasteiger partial charge on any atom is 0.127 e. The van der Waals surface area contributed by atoms with Gasteiger partial charge in [0, 0.05) is 10.6 Å². The first-order valence-corrected chi connectivity index (χ1v) is 7.53. The second kappa shape index (κ2) is 6.33. The van der Waals surface area contributed by atoms with E-state index in [2.05, 4.69) is 35.7 Å². The van der Waals surface area contributed by atoms with Gasteiger partial charge in [-0.1, -0.05) is 41.9 Å². The van der Waals surface area contributed by atoms with Crippen molar-refractivity contribution < 1.29 is 4.74 Å². The van der Waals surface area contributed by atoms with Gasteiger partial charge in [0.05, 0.1) is 0 Å². The Balaban J connectivity index is 2.14. The SMILES string of the molecule is CNCC/C=C1\c2ccccc2COc2ccc(Cl)cc21. The van der Waals surface area contributed by atoms with Gasteiger partial charge in [-0.3, -0.25) is 0 Å². The van der Waals surface area contributed by atoms with Crippen molar-refractivity contribution in [2.75, 3.05) is 13.6 Å². The van der Waals surface area contributed by atoms with Crippen LogP contribution in [0.15, 0.2) is 48.5 Å². The Morgan fingerprint density at radius 2 is 2.05 bits per heavy atom. The number of ether oxygens (including phenoxy) is 1. The molecule has 1 aliphatic heterocycles. The lowest BCUT2D eigenvalue weighted by Crippen LogP contribution is -2.06. The molecule has 3 rings (SSSR count). The molecule has 0 spiro atoms. The van der Waals surface area contributed by atoms with Gasteiger partial charge in [0.2, 0.25) is 0 Å². The molecule has 108 valence electrons. The lowest BCUT2D eigenvalue weighted by atomic mass is 9.93. The molecule has 0 saturated heterocycles. The van der Waals surface area contributed by atoms with Crippen LogP contribution >= 0.6 is 11.6 Å². The third-order valence-electron chi connectivity index (χ3n) is 3.67. The van der Waals surface area contributed by atoms with Gasteiger partial charge in [-0.25, -0.2) is 0 Å². The number of hydrogen-bond donors (Lipinski definition) is 1. The summed E-state index contributed by atoms with van der Waals surface area (Å²) in [6.45, 7) is 1.54. The van der Waals surface area contributed by atoms with E-state index >= 15 is 0 Å². The Bertz CT molecular complexity index is 679. The van der Waals surface area contributed by atoms with E-state index in [1.54, 1.807) is 0 Å². The van der Waals surface area contributed by atoms with Crippen LogP contribution < -0.4 is 10.1 Å². The highest BCUT2D eigenvalue weighted by Crippen LogP contribution is 2.38. The summed E-state index contributed by atoms with van der Waals surface area (Å²) in [5, 5.41) is 3.91. The lowest BCUT2D eigenvalue weighted by Gasteiger charge is -2.11. The van der Waals surface area contributed by atoms with Crippen LogP contribution in [-0.2, 0) is 6.61 Å². The number of halogens is 1. The monoisotopic (exact) mass is 299 g/mol. The highest BCUT2D eigenvalue weighted by Gasteiger charge is 2.18. The highest BCUT2D eigenvalue weighted by molar-refractivity contribution is 6.30. The molecule has 0 amide bonds. The summed E-state index contributed by atoms with van der Waals surface area (Å²) in [7, 11) is 1.97. The molecule has 0 bridgehead atoms. The number of rotatable bonds is 3. The molecule has 1 aliphatic rings.